The number of carbonyl (C=O) groups is 1. The van der Waals surface area contributed by atoms with Crippen molar-refractivity contribution in [3.63, 3.8) is 0 Å². The average molecular weight is 278 g/mol. The third-order valence-corrected chi connectivity index (χ3v) is 3.28. The quantitative estimate of drug-likeness (QED) is 0.788. The van der Waals surface area contributed by atoms with Gasteiger partial charge in [0.25, 0.3) is 0 Å². The SMILES string of the molecule is CC(C)CCN(CCC(C)C)c1ccnc(C(=O)O)c1. The van der Waals surface area contributed by atoms with Crippen molar-refractivity contribution in [2.45, 2.75) is 40.5 Å². The predicted octanol–water partition coefficient (Wildman–Crippen LogP) is 3.68. The second kappa shape index (κ2) is 7.88. The molecule has 0 aliphatic carbocycles. The number of hydrogen-bond donors (Lipinski definition) is 1. The Hall–Kier alpha value is -1.58. The molecule has 0 saturated heterocycles. The lowest BCUT2D eigenvalue weighted by Gasteiger charge is -2.26. The monoisotopic (exact) mass is 278 g/mol. The van der Waals surface area contributed by atoms with Gasteiger partial charge in [-0.15, -0.1) is 0 Å². The topological polar surface area (TPSA) is 53.4 Å². The number of nitrogens with zero attached hydrogens (tertiary/aromatic N) is 2. The van der Waals surface area contributed by atoms with Crippen molar-refractivity contribution in [2.24, 2.45) is 11.8 Å². The molecule has 20 heavy (non-hydrogen) atoms. The van der Waals surface area contributed by atoms with Gasteiger partial charge in [-0.25, -0.2) is 9.78 Å². The summed E-state index contributed by atoms with van der Waals surface area (Å²) >= 11 is 0. The minimum absolute atomic E-state index is 0.113. The van der Waals surface area contributed by atoms with Crippen LogP contribution in [0.4, 0.5) is 5.69 Å². The lowest BCUT2D eigenvalue weighted by molar-refractivity contribution is 0.0690. The molecule has 1 heterocycles. The largest absolute Gasteiger partial charge is 0.477 e. The Balaban J connectivity index is 2.84. The van der Waals surface area contributed by atoms with Crippen LogP contribution in [0.3, 0.4) is 0 Å². The Morgan fingerprint density at radius 2 is 1.75 bits per heavy atom. The molecular weight excluding hydrogens is 252 g/mol. The predicted molar refractivity (Wildman–Crippen MR) is 82.3 cm³/mol. The molecule has 0 aromatic carbocycles. The van der Waals surface area contributed by atoms with E-state index in [-0.39, 0.29) is 5.69 Å². The highest BCUT2D eigenvalue weighted by Gasteiger charge is 2.12. The standard InChI is InChI=1S/C16H26N2O2/c1-12(2)6-9-18(10-7-13(3)4)14-5-8-17-15(11-14)16(19)20/h5,8,11-13H,6-7,9-10H2,1-4H3,(H,19,20). The summed E-state index contributed by atoms with van der Waals surface area (Å²) in [6, 6.07) is 3.57. The third kappa shape index (κ3) is 5.59. The molecule has 0 aliphatic rings. The van der Waals surface area contributed by atoms with Crippen LogP contribution in [0.2, 0.25) is 0 Å². The maximum atomic E-state index is 11.0. The molecule has 4 nitrogen and oxygen atoms in total. The van der Waals surface area contributed by atoms with Crippen molar-refractivity contribution in [2.75, 3.05) is 18.0 Å². The molecule has 0 atom stereocenters. The van der Waals surface area contributed by atoms with Gasteiger partial charge < -0.3 is 10.0 Å². The van der Waals surface area contributed by atoms with Crippen LogP contribution in [0.25, 0.3) is 0 Å². The fourth-order valence-corrected chi connectivity index (χ4v) is 1.93. The first-order chi connectivity index (χ1) is 9.40. The molecular formula is C16H26N2O2. The average Bonchev–Trinajstić information content (AvgIpc) is 2.38. The number of rotatable bonds is 8. The van der Waals surface area contributed by atoms with E-state index < -0.39 is 5.97 Å². The molecule has 0 spiro atoms. The van der Waals surface area contributed by atoms with E-state index in [4.69, 9.17) is 5.11 Å². The molecule has 0 unspecified atom stereocenters. The number of hydrogen-bond acceptors (Lipinski definition) is 3. The van der Waals surface area contributed by atoms with Crippen molar-refractivity contribution < 1.29 is 9.90 Å². The number of carboxylic acid groups (broad SMARTS) is 1. The van der Waals surface area contributed by atoms with Crippen molar-refractivity contribution in [3.8, 4) is 0 Å². The normalized spacial score (nSPS) is 11.1. The highest BCUT2D eigenvalue weighted by atomic mass is 16.4. The number of aromatic nitrogens is 1. The van der Waals surface area contributed by atoms with Crippen LogP contribution in [0, 0.1) is 11.8 Å². The first-order valence-corrected chi connectivity index (χ1v) is 7.34. The summed E-state index contributed by atoms with van der Waals surface area (Å²) in [5, 5.41) is 9.05. The number of aromatic carboxylic acids is 1. The first kappa shape index (κ1) is 16.5. The Labute approximate surface area is 121 Å². The summed E-state index contributed by atoms with van der Waals surface area (Å²) in [5.41, 5.74) is 1.07. The maximum absolute atomic E-state index is 11.0. The molecule has 1 aromatic rings. The zero-order valence-electron chi connectivity index (χ0n) is 13.0. The van der Waals surface area contributed by atoms with Gasteiger partial charge in [-0.1, -0.05) is 27.7 Å². The van der Waals surface area contributed by atoms with Gasteiger partial charge >= 0.3 is 5.97 Å². The van der Waals surface area contributed by atoms with Crippen LogP contribution in [0.5, 0.6) is 0 Å². The molecule has 1 N–H and O–H groups in total. The van der Waals surface area contributed by atoms with Crippen LogP contribution in [0.15, 0.2) is 18.3 Å². The minimum atomic E-state index is -0.973. The van der Waals surface area contributed by atoms with E-state index in [2.05, 4.69) is 37.6 Å². The lowest BCUT2D eigenvalue weighted by atomic mass is 10.1. The summed E-state index contributed by atoms with van der Waals surface area (Å²) in [5.74, 6) is 0.300. The van der Waals surface area contributed by atoms with Crippen LogP contribution < -0.4 is 4.90 Å². The summed E-state index contributed by atoms with van der Waals surface area (Å²) < 4.78 is 0. The molecule has 0 aliphatic heterocycles. The van der Waals surface area contributed by atoms with Crippen LogP contribution in [0.1, 0.15) is 51.0 Å². The van der Waals surface area contributed by atoms with E-state index in [1.807, 2.05) is 6.07 Å². The molecule has 1 aromatic heterocycles. The van der Waals surface area contributed by atoms with Crippen LogP contribution in [-0.4, -0.2) is 29.1 Å². The first-order valence-electron chi connectivity index (χ1n) is 7.34. The molecule has 0 radical (unpaired) electrons. The number of pyridine rings is 1. The Morgan fingerprint density at radius 1 is 1.20 bits per heavy atom. The van der Waals surface area contributed by atoms with Crippen molar-refractivity contribution in [1.29, 1.82) is 0 Å². The summed E-state index contributed by atoms with van der Waals surface area (Å²) in [7, 11) is 0. The molecule has 0 saturated carbocycles. The Morgan fingerprint density at radius 3 is 2.20 bits per heavy atom. The molecule has 0 bridgehead atoms. The van der Waals surface area contributed by atoms with Crippen molar-refractivity contribution in [3.05, 3.63) is 24.0 Å². The minimum Gasteiger partial charge on any atom is -0.477 e. The van der Waals surface area contributed by atoms with E-state index in [1.54, 1.807) is 12.3 Å². The van der Waals surface area contributed by atoms with Gasteiger partial charge in [0.1, 0.15) is 5.69 Å². The van der Waals surface area contributed by atoms with Crippen LogP contribution >= 0.6 is 0 Å². The van der Waals surface area contributed by atoms with E-state index in [1.165, 1.54) is 0 Å². The molecule has 112 valence electrons. The van der Waals surface area contributed by atoms with Crippen LogP contribution in [-0.2, 0) is 0 Å². The van der Waals surface area contributed by atoms with Gasteiger partial charge in [0.15, 0.2) is 0 Å². The second-order valence-corrected chi connectivity index (χ2v) is 6.06. The van der Waals surface area contributed by atoms with Crippen molar-refractivity contribution in [1.82, 2.24) is 4.98 Å². The van der Waals surface area contributed by atoms with Gasteiger partial charge in [0.05, 0.1) is 0 Å². The zero-order valence-corrected chi connectivity index (χ0v) is 13.0. The highest BCUT2D eigenvalue weighted by molar-refractivity contribution is 5.86. The van der Waals surface area contributed by atoms with E-state index >= 15 is 0 Å². The van der Waals surface area contributed by atoms with Gasteiger partial charge in [0, 0.05) is 25.0 Å². The van der Waals surface area contributed by atoms with Crippen molar-refractivity contribution >= 4 is 11.7 Å². The van der Waals surface area contributed by atoms with E-state index in [9.17, 15) is 4.79 Å². The van der Waals surface area contributed by atoms with Gasteiger partial charge in [-0.3, -0.25) is 0 Å². The smallest absolute Gasteiger partial charge is 0.354 e. The summed E-state index contributed by atoms with van der Waals surface area (Å²) in [4.78, 5) is 17.2. The van der Waals surface area contributed by atoms with E-state index in [0.29, 0.717) is 11.8 Å². The Bertz CT molecular complexity index is 418. The maximum Gasteiger partial charge on any atom is 0.354 e. The fourth-order valence-electron chi connectivity index (χ4n) is 1.93. The third-order valence-electron chi connectivity index (χ3n) is 3.28. The molecule has 0 amide bonds. The van der Waals surface area contributed by atoms with Gasteiger partial charge in [-0.2, -0.15) is 0 Å². The molecule has 0 fully saturated rings. The number of carboxylic acids is 1. The highest BCUT2D eigenvalue weighted by Crippen LogP contribution is 2.18. The summed E-state index contributed by atoms with van der Waals surface area (Å²) in [6.45, 7) is 10.7. The van der Waals surface area contributed by atoms with Gasteiger partial charge in [-0.05, 0) is 36.8 Å². The molecule has 1 rings (SSSR count). The Kier molecular flexibility index (Phi) is 6.49. The van der Waals surface area contributed by atoms with E-state index in [0.717, 1.165) is 31.6 Å². The second-order valence-electron chi connectivity index (χ2n) is 6.06. The molecule has 4 heteroatoms. The zero-order chi connectivity index (χ0) is 15.1. The fraction of sp³-hybridized carbons (Fsp3) is 0.625. The summed E-state index contributed by atoms with van der Waals surface area (Å²) in [6.07, 6.45) is 3.78. The van der Waals surface area contributed by atoms with Gasteiger partial charge in [0.2, 0.25) is 0 Å². The lowest BCUT2D eigenvalue weighted by Crippen LogP contribution is -2.27. The number of anilines is 1.